The summed E-state index contributed by atoms with van der Waals surface area (Å²) in [5, 5.41) is 4.09. The van der Waals surface area contributed by atoms with Crippen LogP contribution < -0.4 is 4.90 Å². The molecule has 0 radical (unpaired) electrons. The fraction of sp³-hybridized carbons (Fsp3) is 0.350. The summed E-state index contributed by atoms with van der Waals surface area (Å²) in [5.41, 5.74) is 2.09. The van der Waals surface area contributed by atoms with Gasteiger partial charge in [-0.3, -0.25) is 4.79 Å². The van der Waals surface area contributed by atoms with Crippen molar-refractivity contribution in [3.63, 3.8) is 0 Å². The van der Waals surface area contributed by atoms with Gasteiger partial charge in [0.2, 0.25) is 11.7 Å². The Morgan fingerprint density at radius 2 is 1.81 bits per heavy atom. The van der Waals surface area contributed by atoms with Crippen LogP contribution >= 0.6 is 0 Å². The third-order valence-corrected chi connectivity index (χ3v) is 5.16. The van der Waals surface area contributed by atoms with Crippen molar-refractivity contribution in [1.82, 2.24) is 15.0 Å². The highest BCUT2D eigenvalue weighted by Crippen LogP contribution is 2.39. The number of amides is 1. The number of hydrogen-bond acceptors (Lipinski definition) is 6. The van der Waals surface area contributed by atoms with Gasteiger partial charge in [0, 0.05) is 43.3 Å². The molecule has 1 aliphatic carbocycles. The summed E-state index contributed by atoms with van der Waals surface area (Å²) in [4.78, 5) is 21.0. The predicted molar refractivity (Wildman–Crippen MR) is 98.5 cm³/mol. The SMILES string of the molecule is O=C(c1ccco1)N1CCN(c2ccc(-c3noc(C4CC4)n3)cc2)CC1. The standard InChI is InChI=1S/C20H20N4O3/c25-20(17-2-1-13-26-17)24-11-9-23(10-12-24)16-7-5-14(6-8-16)18-21-19(27-22-18)15-3-4-15/h1-2,5-8,13,15H,3-4,9-12H2. The number of aromatic nitrogens is 2. The van der Waals surface area contributed by atoms with E-state index in [9.17, 15) is 4.79 Å². The molecule has 3 heterocycles. The molecule has 0 N–H and O–H groups in total. The molecule has 2 fully saturated rings. The second kappa shape index (κ2) is 6.57. The van der Waals surface area contributed by atoms with Gasteiger partial charge in [0.05, 0.1) is 6.26 Å². The quantitative estimate of drug-likeness (QED) is 0.708. The Kier molecular flexibility index (Phi) is 3.92. The largest absolute Gasteiger partial charge is 0.459 e. The zero-order valence-corrected chi connectivity index (χ0v) is 14.9. The molecule has 2 aromatic heterocycles. The van der Waals surface area contributed by atoms with E-state index in [2.05, 4.69) is 27.2 Å². The number of nitrogens with zero attached hydrogens (tertiary/aromatic N) is 4. The molecule has 1 saturated carbocycles. The van der Waals surface area contributed by atoms with Crippen molar-refractivity contribution in [1.29, 1.82) is 0 Å². The van der Waals surface area contributed by atoms with Crippen LogP contribution in [0.2, 0.25) is 0 Å². The molecule has 0 unspecified atom stereocenters. The van der Waals surface area contributed by atoms with E-state index in [0.29, 0.717) is 30.6 Å². The maximum atomic E-state index is 12.4. The topological polar surface area (TPSA) is 75.6 Å². The number of carbonyl (C=O) groups excluding carboxylic acids is 1. The van der Waals surface area contributed by atoms with Crippen molar-refractivity contribution < 1.29 is 13.7 Å². The van der Waals surface area contributed by atoms with E-state index >= 15 is 0 Å². The van der Waals surface area contributed by atoms with Gasteiger partial charge < -0.3 is 18.7 Å². The van der Waals surface area contributed by atoms with Gasteiger partial charge >= 0.3 is 0 Å². The Morgan fingerprint density at radius 1 is 1.04 bits per heavy atom. The van der Waals surface area contributed by atoms with E-state index in [-0.39, 0.29) is 5.91 Å². The first-order valence-corrected chi connectivity index (χ1v) is 9.30. The second-order valence-corrected chi connectivity index (χ2v) is 7.03. The Labute approximate surface area is 156 Å². The van der Waals surface area contributed by atoms with Crippen LogP contribution in [0.4, 0.5) is 5.69 Å². The highest BCUT2D eigenvalue weighted by atomic mass is 16.5. The molecule has 7 nitrogen and oxygen atoms in total. The molecule has 3 aromatic rings. The smallest absolute Gasteiger partial charge is 0.289 e. The molecular formula is C20H20N4O3. The molecule has 138 valence electrons. The molecule has 1 aliphatic heterocycles. The van der Waals surface area contributed by atoms with Gasteiger partial charge in [-0.15, -0.1) is 0 Å². The monoisotopic (exact) mass is 364 g/mol. The zero-order chi connectivity index (χ0) is 18.2. The lowest BCUT2D eigenvalue weighted by molar-refractivity contribution is 0.0714. The third kappa shape index (κ3) is 3.20. The van der Waals surface area contributed by atoms with Crippen LogP contribution in [-0.4, -0.2) is 47.1 Å². The average Bonchev–Trinajstić information content (AvgIpc) is 3.22. The van der Waals surface area contributed by atoms with Crippen molar-refractivity contribution in [2.75, 3.05) is 31.1 Å². The Morgan fingerprint density at radius 3 is 2.48 bits per heavy atom. The van der Waals surface area contributed by atoms with Gasteiger partial charge in [-0.1, -0.05) is 5.16 Å². The van der Waals surface area contributed by atoms with Crippen LogP contribution in [0.15, 0.2) is 51.6 Å². The van der Waals surface area contributed by atoms with Gasteiger partial charge in [-0.2, -0.15) is 4.98 Å². The van der Waals surface area contributed by atoms with E-state index in [1.807, 2.05) is 17.0 Å². The summed E-state index contributed by atoms with van der Waals surface area (Å²) in [7, 11) is 0. The summed E-state index contributed by atoms with van der Waals surface area (Å²) < 4.78 is 10.5. The maximum absolute atomic E-state index is 12.4. The summed E-state index contributed by atoms with van der Waals surface area (Å²) in [6.07, 6.45) is 3.83. The van der Waals surface area contributed by atoms with Crippen LogP contribution in [0.3, 0.4) is 0 Å². The van der Waals surface area contributed by atoms with Gasteiger partial charge in [0.25, 0.3) is 5.91 Å². The minimum Gasteiger partial charge on any atom is -0.459 e. The molecule has 7 heteroatoms. The number of carbonyl (C=O) groups is 1. The number of piperazine rings is 1. The summed E-state index contributed by atoms with van der Waals surface area (Å²) in [6, 6.07) is 11.6. The number of furan rings is 1. The minimum atomic E-state index is -0.0430. The summed E-state index contributed by atoms with van der Waals surface area (Å²) >= 11 is 0. The van der Waals surface area contributed by atoms with Crippen LogP contribution in [0.1, 0.15) is 35.2 Å². The lowest BCUT2D eigenvalue weighted by atomic mass is 10.1. The highest BCUT2D eigenvalue weighted by molar-refractivity contribution is 5.91. The fourth-order valence-corrected chi connectivity index (χ4v) is 3.39. The Bertz CT molecular complexity index is 921. The van der Waals surface area contributed by atoms with E-state index in [1.165, 1.54) is 6.26 Å². The van der Waals surface area contributed by atoms with E-state index in [4.69, 9.17) is 8.94 Å². The molecule has 1 saturated heterocycles. The summed E-state index contributed by atoms with van der Waals surface area (Å²) in [6.45, 7) is 2.94. The molecule has 1 amide bonds. The van der Waals surface area contributed by atoms with Crippen molar-refractivity contribution >= 4 is 11.6 Å². The maximum Gasteiger partial charge on any atom is 0.289 e. The number of hydrogen-bond donors (Lipinski definition) is 0. The highest BCUT2D eigenvalue weighted by Gasteiger charge is 2.30. The molecular weight excluding hydrogens is 344 g/mol. The first-order chi connectivity index (χ1) is 13.3. The van der Waals surface area contributed by atoms with E-state index < -0.39 is 0 Å². The van der Waals surface area contributed by atoms with Crippen LogP contribution in [0.25, 0.3) is 11.4 Å². The molecule has 27 heavy (non-hydrogen) atoms. The summed E-state index contributed by atoms with van der Waals surface area (Å²) in [5.74, 6) is 2.23. The van der Waals surface area contributed by atoms with Crippen molar-refractivity contribution in [3.8, 4) is 11.4 Å². The van der Waals surface area contributed by atoms with Crippen LogP contribution in [0.5, 0.6) is 0 Å². The Balaban J connectivity index is 1.22. The molecule has 2 aliphatic rings. The molecule has 0 atom stereocenters. The number of anilines is 1. The van der Waals surface area contributed by atoms with Gasteiger partial charge in [-0.05, 0) is 49.2 Å². The Hall–Kier alpha value is -3.09. The van der Waals surface area contributed by atoms with Gasteiger partial charge in [-0.25, -0.2) is 0 Å². The lowest BCUT2D eigenvalue weighted by Gasteiger charge is -2.35. The van der Waals surface area contributed by atoms with Gasteiger partial charge in [0.15, 0.2) is 5.76 Å². The van der Waals surface area contributed by atoms with E-state index in [1.54, 1.807) is 12.1 Å². The molecule has 1 aromatic carbocycles. The zero-order valence-electron chi connectivity index (χ0n) is 14.9. The normalized spacial score (nSPS) is 17.3. The first-order valence-electron chi connectivity index (χ1n) is 9.30. The predicted octanol–water partition coefficient (Wildman–Crippen LogP) is 3.17. The molecule has 5 rings (SSSR count). The first kappa shape index (κ1) is 16.1. The number of benzene rings is 1. The fourth-order valence-electron chi connectivity index (χ4n) is 3.39. The van der Waals surface area contributed by atoms with Crippen molar-refractivity contribution in [2.24, 2.45) is 0 Å². The number of rotatable bonds is 4. The minimum absolute atomic E-state index is 0.0430. The molecule has 0 spiro atoms. The van der Waals surface area contributed by atoms with Gasteiger partial charge in [0.1, 0.15) is 0 Å². The lowest BCUT2D eigenvalue weighted by Crippen LogP contribution is -2.48. The van der Waals surface area contributed by atoms with Crippen molar-refractivity contribution in [2.45, 2.75) is 18.8 Å². The average molecular weight is 364 g/mol. The third-order valence-electron chi connectivity index (χ3n) is 5.16. The van der Waals surface area contributed by atoms with E-state index in [0.717, 1.165) is 43.1 Å². The molecule has 0 bridgehead atoms. The van der Waals surface area contributed by atoms with Crippen LogP contribution in [0, 0.1) is 0 Å². The van der Waals surface area contributed by atoms with Crippen molar-refractivity contribution in [3.05, 3.63) is 54.3 Å². The van der Waals surface area contributed by atoms with Crippen LogP contribution in [-0.2, 0) is 0 Å². The second-order valence-electron chi connectivity index (χ2n) is 7.03.